The topological polar surface area (TPSA) is 16.1 Å². The van der Waals surface area contributed by atoms with E-state index in [1.54, 1.807) is 0 Å². The first-order valence-electron chi connectivity index (χ1n) is 3.83. The molecule has 0 aromatic carbocycles. The van der Waals surface area contributed by atoms with Gasteiger partial charge in [-0.1, -0.05) is 0 Å². The van der Waals surface area contributed by atoms with Crippen molar-refractivity contribution in [3.05, 3.63) is 36.6 Å². The summed E-state index contributed by atoms with van der Waals surface area (Å²) in [5, 5.41) is 0. The standard InChI is InChI=1S/C9H11N2/c1-11-5-3-8-6-10-4-2-9(8)7-11/h2,4,6H,1,3,5,7H2/q-1. The predicted octanol–water partition coefficient (Wildman–Crippen LogP) is 1.23. The average molecular weight is 147 g/mol. The molecule has 0 saturated carbocycles. The third kappa shape index (κ3) is 1.26. The SMILES string of the molecule is [CH2-]N1CCc2cnccc2C1. The maximum atomic E-state index is 4.08. The highest BCUT2D eigenvalue weighted by Crippen LogP contribution is 2.15. The number of nitrogens with zero attached hydrogens (tertiary/aromatic N) is 2. The van der Waals surface area contributed by atoms with Crippen LogP contribution < -0.4 is 0 Å². The lowest BCUT2D eigenvalue weighted by molar-refractivity contribution is 0.347. The molecule has 0 fully saturated rings. The Hall–Kier alpha value is -0.890. The Balaban J connectivity index is 2.34. The van der Waals surface area contributed by atoms with Crippen LogP contribution in [0, 0.1) is 7.05 Å². The lowest BCUT2D eigenvalue weighted by atomic mass is 10.0. The van der Waals surface area contributed by atoms with E-state index in [2.05, 4.69) is 23.0 Å². The van der Waals surface area contributed by atoms with Crippen LogP contribution in [0.25, 0.3) is 0 Å². The van der Waals surface area contributed by atoms with Gasteiger partial charge in [0, 0.05) is 12.4 Å². The summed E-state index contributed by atoms with van der Waals surface area (Å²) in [5.41, 5.74) is 2.76. The summed E-state index contributed by atoms with van der Waals surface area (Å²) in [5.74, 6) is 0. The van der Waals surface area contributed by atoms with Gasteiger partial charge in [0.1, 0.15) is 0 Å². The van der Waals surface area contributed by atoms with Crippen molar-refractivity contribution in [3.63, 3.8) is 0 Å². The molecule has 0 spiro atoms. The van der Waals surface area contributed by atoms with E-state index in [4.69, 9.17) is 0 Å². The van der Waals surface area contributed by atoms with Crippen LogP contribution in [-0.2, 0) is 13.0 Å². The van der Waals surface area contributed by atoms with E-state index in [1.165, 1.54) is 11.1 Å². The van der Waals surface area contributed by atoms with Crippen molar-refractivity contribution in [2.24, 2.45) is 0 Å². The molecule has 1 aromatic rings. The van der Waals surface area contributed by atoms with Crippen molar-refractivity contribution < 1.29 is 0 Å². The van der Waals surface area contributed by atoms with Crippen molar-refractivity contribution in [3.8, 4) is 0 Å². The second kappa shape index (κ2) is 2.62. The molecule has 0 bridgehead atoms. The normalized spacial score (nSPS) is 17.9. The molecule has 0 amide bonds. The first-order valence-corrected chi connectivity index (χ1v) is 3.83. The molecule has 11 heavy (non-hydrogen) atoms. The van der Waals surface area contributed by atoms with E-state index in [0.717, 1.165) is 19.5 Å². The molecule has 2 heterocycles. The van der Waals surface area contributed by atoms with E-state index < -0.39 is 0 Å². The molecule has 2 rings (SSSR count). The molecule has 2 heteroatoms. The van der Waals surface area contributed by atoms with Gasteiger partial charge in [-0.25, -0.2) is 0 Å². The molecule has 0 saturated heterocycles. The zero-order valence-electron chi connectivity index (χ0n) is 6.45. The lowest BCUT2D eigenvalue weighted by Gasteiger charge is -2.30. The van der Waals surface area contributed by atoms with Crippen LogP contribution in [0.2, 0.25) is 0 Å². The summed E-state index contributed by atoms with van der Waals surface area (Å²) in [6, 6.07) is 2.08. The largest absolute Gasteiger partial charge is 0.455 e. The zero-order valence-corrected chi connectivity index (χ0v) is 6.45. The molecule has 0 aliphatic carbocycles. The molecule has 1 aromatic heterocycles. The van der Waals surface area contributed by atoms with Gasteiger partial charge < -0.3 is 4.90 Å². The fourth-order valence-electron chi connectivity index (χ4n) is 1.43. The van der Waals surface area contributed by atoms with Crippen LogP contribution in [-0.4, -0.2) is 16.4 Å². The van der Waals surface area contributed by atoms with Crippen molar-refractivity contribution >= 4 is 0 Å². The summed E-state index contributed by atoms with van der Waals surface area (Å²) in [4.78, 5) is 6.17. The van der Waals surface area contributed by atoms with Gasteiger partial charge in [0.2, 0.25) is 0 Å². The van der Waals surface area contributed by atoms with Crippen molar-refractivity contribution in [1.82, 2.24) is 9.88 Å². The fourth-order valence-corrected chi connectivity index (χ4v) is 1.43. The van der Waals surface area contributed by atoms with Crippen LogP contribution in [0.1, 0.15) is 11.1 Å². The van der Waals surface area contributed by atoms with E-state index in [-0.39, 0.29) is 0 Å². The molecular formula is C9H11N2-. The van der Waals surface area contributed by atoms with Crippen LogP contribution in [0.4, 0.5) is 0 Å². The van der Waals surface area contributed by atoms with E-state index in [0.29, 0.717) is 0 Å². The molecule has 1 aliphatic heterocycles. The van der Waals surface area contributed by atoms with Gasteiger partial charge >= 0.3 is 0 Å². The minimum atomic E-state index is 0.970. The Labute approximate surface area is 66.9 Å². The molecule has 1 aliphatic rings. The number of fused-ring (bicyclic) bond motifs is 1. The van der Waals surface area contributed by atoms with Crippen LogP contribution in [0.5, 0.6) is 0 Å². The average Bonchev–Trinajstić information content (AvgIpc) is 2.04. The number of aromatic nitrogens is 1. The monoisotopic (exact) mass is 147 g/mol. The fraction of sp³-hybridized carbons (Fsp3) is 0.333. The maximum Gasteiger partial charge on any atom is 0.0303 e. The molecule has 0 radical (unpaired) electrons. The minimum Gasteiger partial charge on any atom is -0.455 e. The Morgan fingerprint density at radius 2 is 2.36 bits per heavy atom. The van der Waals surface area contributed by atoms with Crippen molar-refractivity contribution in [2.45, 2.75) is 13.0 Å². The Morgan fingerprint density at radius 1 is 1.45 bits per heavy atom. The summed E-state index contributed by atoms with van der Waals surface area (Å²) >= 11 is 0. The van der Waals surface area contributed by atoms with Crippen LogP contribution >= 0.6 is 0 Å². The minimum absolute atomic E-state index is 0.970. The summed E-state index contributed by atoms with van der Waals surface area (Å²) in [6.07, 6.45) is 4.90. The van der Waals surface area contributed by atoms with Crippen LogP contribution in [0.15, 0.2) is 18.5 Å². The second-order valence-electron chi connectivity index (χ2n) is 2.95. The first kappa shape index (κ1) is 6.80. The molecule has 58 valence electrons. The highest BCUT2D eigenvalue weighted by Gasteiger charge is 2.07. The molecule has 2 nitrogen and oxygen atoms in total. The zero-order chi connectivity index (χ0) is 7.68. The van der Waals surface area contributed by atoms with Gasteiger partial charge in [-0.2, -0.15) is 0 Å². The van der Waals surface area contributed by atoms with Crippen molar-refractivity contribution in [1.29, 1.82) is 0 Å². The third-order valence-electron chi connectivity index (χ3n) is 2.10. The van der Waals surface area contributed by atoms with Gasteiger partial charge in [-0.15, -0.1) is 0 Å². The predicted molar refractivity (Wildman–Crippen MR) is 43.7 cm³/mol. The molecule has 0 atom stereocenters. The summed E-state index contributed by atoms with van der Waals surface area (Å²) < 4.78 is 0. The first-order chi connectivity index (χ1) is 5.36. The number of hydrogen-bond acceptors (Lipinski definition) is 2. The Bertz CT molecular complexity index is 257. The summed E-state index contributed by atoms with van der Waals surface area (Å²) in [7, 11) is 3.91. The van der Waals surface area contributed by atoms with Gasteiger partial charge in [0.05, 0.1) is 0 Å². The smallest absolute Gasteiger partial charge is 0.0303 e. The third-order valence-corrected chi connectivity index (χ3v) is 2.10. The van der Waals surface area contributed by atoms with E-state index in [9.17, 15) is 0 Å². The molecule has 0 unspecified atom stereocenters. The highest BCUT2D eigenvalue weighted by atomic mass is 15.1. The Kier molecular flexibility index (Phi) is 1.62. The Morgan fingerprint density at radius 3 is 3.27 bits per heavy atom. The maximum absolute atomic E-state index is 4.08. The summed E-state index contributed by atoms with van der Waals surface area (Å²) in [6.45, 7) is 2.02. The van der Waals surface area contributed by atoms with Gasteiger partial charge in [0.15, 0.2) is 0 Å². The van der Waals surface area contributed by atoms with Crippen LogP contribution in [0.3, 0.4) is 0 Å². The number of rotatable bonds is 0. The lowest BCUT2D eigenvalue weighted by Crippen LogP contribution is -2.24. The van der Waals surface area contributed by atoms with Gasteiger partial charge in [0.25, 0.3) is 0 Å². The van der Waals surface area contributed by atoms with Gasteiger partial charge in [-0.3, -0.25) is 12.0 Å². The number of hydrogen-bond donors (Lipinski definition) is 0. The molecule has 0 N–H and O–H groups in total. The molecular weight excluding hydrogens is 136 g/mol. The number of pyridine rings is 1. The van der Waals surface area contributed by atoms with Crippen molar-refractivity contribution in [2.75, 3.05) is 6.54 Å². The quantitative estimate of drug-likeness (QED) is 0.513. The second-order valence-corrected chi connectivity index (χ2v) is 2.95. The van der Waals surface area contributed by atoms with Gasteiger partial charge in [-0.05, 0) is 36.7 Å². The van der Waals surface area contributed by atoms with E-state index in [1.807, 2.05) is 12.4 Å². The van der Waals surface area contributed by atoms with E-state index >= 15 is 0 Å². The highest BCUT2D eigenvalue weighted by molar-refractivity contribution is 5.25.